The Morgan fingerprint density at radius 1 is 1.14 bits per heavy atom. The minimum absolute atomic E-state index is 0.195. The Kier molecular flexibility index (Phi) is 5.33. The van der Waals surface area contributed by atoms with Gasteiger partial charge < -0.3 is 10.1 Å². The van der Waals surface area contributed by atoms with Gasteiger partial charge in [0.25, 0.3) is 0 Å². The van der Waals surface area contributed by atoms with Gasteiger partial charge in [-0.05, 0) is 55.2 Å². The summed E-state index contributed by atoms with van der Waals surface area (Å²) < 4.78 is 5.98. The van der Waals surface area contributed by atoms with Crippen LogP contribution in [0.2, 0.25) is 0 Å². The van der Waals surface area contributed by atoms with E-state index in [2.05, 4.69) is 24.4 Å². The summed E-state index contributed by atoms with van der Waals surface area (Å²) in [6, 6.07) is 13.9. The van der Waals surface area contributed by atoms with Crippen LogP contribution in [0.15, 0.2) is 47.6 Å². The van der Waals surface area contributed by atoms with E-state index in [1.54, 1.807) is 7.05 Å². The third-order valence-corrected chi connectivity index (χ3v) is 5.67. The first-order chi connectivity index (χ1) is 13.6. The van der Waals surface area contributed by atoms with Gasteiger partial charge >= 0.3 is 6.03 Å². The number of aryl methyl sites for hydroxylation is 1. The lowest BCUT2D eigenvalue weighted by Crippen LogP contribution is -2.26. The van der Waals surface area contributed by atoms with Gasteiger partial charge in [-0.3, -0.25) is 0 Å². The number of nitrogens with zero attached hydrogens (tertiary/aromatic N) is 2. The van der Waals surface area contributed by atoms with Crippen LogP contribution in [0.1, 0.15) is 48.8 Å². The number of ether oxygens (including phenoxy) is 1. The molecule has 2 aliphatic rings. The summed E-state index contributed by atoms with van der Waals surface area (Å²) in [6.07, 6.45) is 5.99. The van der Waals surface area contributed by atoms with E-state index in [1.807, 2.05) is 30.3 Å². The van der Waals surface area contributed by atoms with Gasteiger partial charge in [0.15, 0.2) is 0 Å². The molecule has 5 nitrogen and oxygen atoms in total. The molecule has 0 saturated heterocycles. The van der Waals surface area contributed by atoms with Gasteiger partial charge in [0.05, 0.1) is 11.4 Å². The van der Waals surface area contributed by atoms with Crippen LogP contribution in [-0.4, -0.2) is 23.8 Å². The van der Waals surface area contributed by atoms with Crippen molar-refractivity contribution in [1.29, 1.82) is 0 Å². The Labute approximate surface area is 166 Å². The molecule has 4 rings (SSSR count). The third kappa shape index (κ3) is 3.88. The number of amides is 2. The lowest BCUT2D eigenvalue weighted by atomic mass is 9.82. The quantitative estimate of drug-likeness (QED) is 0.782. The molecule has 0 spiro atoms. The van der Waals surface area contributed by atoms with Gasteiger partial charge in [-0.15, -0.1) is 0 Å². The standard InChI is InChI=1S/C23H27N3O2/c1-16-13-21-20(14-18(16)15-28-19-11-7-4-8-12-19)22(17-9-5-3-6-10-17)25-26(2)23(27)24-21/h4,7-8,11-14,17H,3,5-6,9-10,15H2,1-2H3,(H,24,27). The van der Waals surface area contributed by atoms with Crippen molar-refractivity contribution in [3.05, 3.63) is 59.2 Å². The van der Waals surface area contributed by atoms with E-state index in [4.69, 9.17) is 9.84 Å². The van der Waals surface area contributed by atoms with Crippen LogP contribution in [-0.2, 0) is 6.61 Å². The van der Waals surface area contributed by atoms with Crippen LogP contribution >= 0.6 is 0 Å². The monoisotopic (exact) mass is 377 g/mol. The van der Waals surface area contributed by atoms with Crippen molar-refractivity contribution >= 4 is 17.4 Å². The molecule has 5 heteroatoms. The van der Waals surface area contributed by atoms with Crippen LogP contribution in [0.4, 0.5) is 10.5 Å². The fraction of sp³-hybridized carbons (Fsp3) is 0.391. The summed E-state index contributed by atoms with van der Waals surface area (Å²) in [7, 11) is 1.72. The molecule has 1 saturated carbocycles. The van der Waals surface area contributed by atoms with Crippen molar-refractivity contribution in [2.24, 2.45) is 11.0 Å². The number of hydrogen-bond donors (Lipinski definition) is 1. The van der Waals surface area contributed by atoms with Gasteiger partial charge in [-0.25, -0.2) is 9.80 Å². The second-order valence-corrected chi connectivity index (χ2v) is 7.70. The second-order valence-electron chi connectivity index (χ2n) is 7.70. The molecule has 146 valence electrons. The molecule has 1 heterocycles. The highest BCUT2D eigenvalue weighted by atomic mass is 16.5. The molecule has 2 aromatic rings. The fourth-order valence-corrected chi connectivity index (χ4v) is 4.04. The number of anilines is 1. The maximum absolute atomic E-state index is 12.4. The number of para-hydroxylation sites is 1. The van der Waals surface area contributed by atoms with Gasteiger partial charge in [0.1, 0.15) is 12.4 Å². The molecule has 1 fully saturated rings. The Bertz CT molecular complexity index is 886. The van der Waals surface area contributed by atoms with Crippen molar-refractivity contribution in [3.8, 4) is 5.75 Å². The van der Waals surface area contributed by atoms with E-state index in [9.17, 15) is 4.79 Å². The Morgan fingerprint density at radius 2 is 1.89 bits per heavy atom. The van der Waals surface area contributed by atoms with Crippen LogP contribution < -0.4 is 10.1 Å². The molecule has 0 radical (unpaired) electrons. The fourth-order valence-electron chi connectivity index (χ4n) is 4.04. The first kappa shape index (κ1) is 18.5. The Morgan fingerprint density at radius 3 is 2.64 bits per heavy atom. The predicted molar refractivity (Wildman–Crippen MR) is 112 cm³/mol. The number of carbonyl (C=O) groups excluding carboxylic acids is 1. The first-order valence-electron chi connectivity index (χ1n) is 10.1. The lowest BCUT2D eigenvalue weighted by Gasteiger charge is -2.24. The summed E-state index contributed by atoms with van der Waals surface area (Å²) in [6.45, 7) is 2.55. The molecule has 2 aromatic carbocycles. The summed E-state index contributed by atoms with van der Waals surface area (Å²) in [4.78, 5) is 12.4. The zero-order valence-corrected chi connectivity index (χ0v) is 16.6. The van der Waals surface area contributed by atoms with Crippen molar-refractivity contribution in [1.82, 2.24) is 5.01 Å². The van der Waals surface area contributed by atoms with Crippen molar-refractivity contribution in [2.75, 3.05) is 12.4 Å². The highest BCUT2D eigenvalue weighted by Gasteiger charge is 2.28. The second kappa shape index (κ2) is 8.05. The number of hydrazone groups is 1. The summed E-state index contributed by atoms with van der Waals surface area (Å²) in [5.74, 6) is 1.25. The van der Waals surface area contributed by atoms with Crippen molar-refractivity contribution < 1.29 is 9.53 Å². The maximum Gasteiger partial charge on any atom is 0.342 e. The third-order valence-electron chi connectivity index (χ3n) is 5.67. The van der Waals surface area contributed by atoms with E-state index in [0.717, 1.165) is 46.7 Å². The smallest absolute Gasteiger partial charge is 0.342 e. The van der Waals surface area contributed by atoms with Crippen molar-refractivity contribution in [3.63, 3.8) is 0 Å². The highest BCUT2D eigenvalue weighted by Crippen LogP contribution is 2.33. The van der Waals surface area contributed by atoms with E-state index >= 15 is 0 Å². The van der Waals surface area contributed by atoms with Crippen LogP contribution in [0.5, 0.6) is 5.75 Å². The van der Waals surface area contributed by atoms with E-state index in [1.165, 1.54) is 24.3 Å². The molecule has 1 N–H and O–H groups in total. The number of nitrogens with one attached hydrogen (secondary N) is 1. The summed E-state index contributed by atoms with van der Waals surface area (Å²) in [5, 5.41) is 9.15. The topological polar surface area (TPSA) is 53.9 Å². The first-order valence-corrected chi connectivity index (χ1v) is 10.1. The number of rotatable bonds is 4. The molecular weight excluding hydrogens is 350 g/mol. The minimum Gasteiger partial charge on any atom is -0.489 e. The van der Waals surface area contributed by atoms with Gasteiger partial charge in [-0.1, -0.05) is 37.5 Å². The van der Waals surface area contributed by atoms with Gasteiger partial charge in [0.2, 0.25) is 0 Å². The molecule has 0 unspecified atom stereocenters. The van der Waals surface area contributed by atoms with Gasteiger partial charge in [0, 0.05) is 18.5 Å². The average molecular weight is 377 g/mol. The van der Waals surface area contributed by atoms with E-state index in [-0.39, 0.29) is 6.03 Å². The summed E-state index contributed by atoms with van der Waals surface area (Å²) >= 11 is 0. The van der Waals surface area contributed by atoms with Crippen molar-refractivity contribution in [2.45, 2.75) is 45.6 Å². The van der Waals surface area contributed by atoms with Crippen LogP contribution in [0.25, 0.3) is 0 Å². The molecule has 0 bridgehead atoms. The van der Waals surface area contributed by atoms with E-state index in [0.29, 0.717) is 12.5 Å². The largest absolute Gasteiger partial charge is 0.489 e. The Hall–Kier alpha value is -2.82. The number of carbonyl (C=O) groups is 1. The molecular formula is C23H27N3O2. The summed E-state index contributed by atoms with van der Waals surface area (Å²) in [5.41, 5.74) is 5.12. The minimum atomic E-state index is -0.195. The highest BCUT2D eigenvalue weighted by molar-refractivity contribution is 6.11. The zero-order valence-electron chi connectivity index (χ0n) is 16.6. The number of hydrogen-bond acceptors (Lipinski definition) is 3. The lowest BCUT2D eigenvalue weighted by molar-refractivity contribution is 0.224. The molecule has 1 aliphatic carbocycles. The van der Waals surface area contributed by atoms with Crippen LogP contribution in [0.3, 0.4) is 0 Å². The predicted octanol–water partition coefficient (Wildman–Crippen LogP) is 5.34. The molecule has 0 aromatic heterocycles. The van der Waals surface area contributed by atoms with E-state index < -0.39 is 0 Å². The normalized spacial score (nSPS) is 17.4. The Balaban J connectivity index is 1.68. The number of urea groups is 1. The SMILES string of the molecule is Cc1cc2c(cc1COc1ccccc1)C(C1CCCCC1)=NN(C)C(=O)N2. The average Bonchev–Trinajstić information content (AvgIpc) is 2.84. The number of fused-ring (bicyclic) bond motifs is 1. The maximum atomic E-state index is 12.4. The molecule has 2 amide bonds. The molecule has 28 heavy (non-hydrogen) atoms. The number of benzene rings is 2. The van der Waals surface area contributed by atoms with Gasteiger partial charge in [-0.2, -0.15) is 5.10 Å². The molecule has 1 aliphatic heterocycles. The van der Waals surface area contributed by atoms with Crippen LogP contribution in [0, 0.1) is 12.8 Å². The zero-order chi connectivity index (χ0) is 19.5. The molecule has 0 atom stereocenters.